The molecule has 5 aliphatic rings. The molecule has 2 fully saturated rings. The lowest BCUT2D eigenvalue weighted by atomic mass is 9.53. The predicted molar refractivity (Wildman–Crippen MR) is 122 cm³/mol. The zero-order valence-electron chi connectivity index (χ0n) is 18.9. The van der Waals surface area contributed by atoms with Crippen molar-refractivity contribution < 1.29 is 39.4 Å². The number of nitrogens with zero attached hydrogens (tertiary/aromatic N) is 1. The molecule has 3 heterocycles. The summed E-state index contributed by atoms with van der Waals surface area (Å²) in [7, 11) is 3.80. The molecular weight excluding hydrogens is 462 g/mol. The Morgan fingerprint density at radius 3 is 2.74 bits per heavy atom. The summed E-state index contributed by atoms with van der Waals surface area (Å²) >= 11 is 1.24. The van der Waals surface area contributed by atoms with Crippen molar-refractivity contribution in [3.8, 4) is 11.5 Å². The van der Waals surface area contributed by atoms with Crippen molar-refractivity contribution in [3.63, 3.8) is 0 Å². The van der Waals surface area contributed by atoms with Crippen LogP contribution in [0.15, 0.2) is 24.3 Å². The van der Waals surface area contributed by atoms with Crippen molar-refractivity contribution >= 4 is 17.7 Å². The zero-order valence-corrected chi connectivity index (χ0v) is 19.7. The van der Waals surface area contributed by atoms with E-state index in [-0.39, 0.29) is 22.7 Å². The van der Waals surface area contributed by atoms with Gasteiger partial charge in [0.1, 0.15) is 29.9 Å². The molecule has 0 radical (unpaired) electrons. The SMILES string of the molecule is COc1ccc2c3c1OC1C(SC4O[C@H](C(=O)O)[C@@H](O)[C@H](O)[C@H]4O)C=CC4C(C2)N(C)CCC341. The third kappa shape index (κ3) is 2.90. The monoisotopic (exact) mass is 491 g/mol. The van der Waals surface area contributed by atoms with E-state index in [2.05, 4.69) is 30.2 Å². The van der Waals surface area contributed by atoms with Crippen LogP contribution in [0.5, 0.6) is 11.5 Å². The first-order valence-corrected chi connectivity index (χ1v) is 12.6. The molecular formula is C24H29NO8S. The Kier molecular flexibility index (Phi) is 5.22. The largest absolute Gasteiger partial charge is 0.493 e. The third-order valence-corrected chi connectivity index (χ3v) is 9.82. The summed E-state index contributed by atoms with van der Waals surface area (Å²) in [5.41, 5.74) is 1.18. The lowest BCUT2D eigenvalue weighted by molar-refractivity contribution is -0.209. The van der Waals surface area contributed by atoms with Crippen LogP contribution >= 0.6 is 11.8 Å². The standard InChI is InChI=1S/C24H29NO8S/c1-25-8-7-24-11-4-6-14(34-23-18(28)16(26)17(27)20(33-23)22(29)30)21(24)32-19-13(31-2)5-3-10(15(19)24)9-12(11)25/h3-6,11-12,14,16-18,20-21,23,26-28H,7-9H2,1-2H3,(H,29,30)/t11?,12?,14?,16-,17-,18+,20-,21?,23?,24?/m0/s1. The molecule has 6 unspecified atom stereocenters. The highest BCUT2D eigenvalue weighted by Crippen LogP contribution is 2.63. The number of carbonyl (C=O) groups is 1. The van der Waals surface area contributed by atoms with Crippen LogP contribution in [0.3, 0.4) is 0 Å². The maximum absolute atomic E-state index is 11.6. The van der Waals surface area contributed by atoms with Gasteiger partial charge >= 0.3 is 5.97 Å². The van der Waals surface area contributed by atoms with E-state index in [1.807, 2.05) is 6.07 Å². The molecule has 1 spiro atoms. The summed E-state index contributed by atoms with van der Waals surface area (Å²) in [5, 5.41) is 40.1. The number of piperidine rings is 1. The highest BCUT2D eigenvalue weighted by atomic mass is 32.2. The number of ether oxygens (including phenoxy) is 3. The summed E-state index contributed by atoms with van der Waals surface area (Å²) in [5.74, 6) is 0.341. The Hall–Kier alpha value is -1.82. The number of hydrogen-bond donors (Lipinski definition) is 4. The van der Waals surface area contributed by atoms with E-state index >= 15 is 0 Å². The molecule has 10 atom stereocenters. The number of likely N-dealkylation sites (tertiary alicyclic amines) is 1. The second-order valence-corrected chi connectivity index (χ2v) is 11.2. The van der Waals surface area contributed by atoms with Crippen molar-refractivity contribution in [2.75, 3.05) is 20.7 Å². The van der Waals surface area contributed by atoms with Crippen LogP contribution in [0.25, 0.3) is 0 Å². The van der Waals surface area contributed by atoms with Crippen LogP contribution < -0.4 is 9.47 Å². The number of carboxylic acid groups (broad SMARTS) is 1. The molecule has 1 aromatic rings. The second-order valence-electron chi connectivity index (χ2n) is 9.96. The molecule has 4 N–H and O–H groups in total. The molecule has 2 bridgehead atoms. The van der Waals surface area contributed by atoms with Crippen molar-refractivity contribution in [1.29, 1.82) is 0 Å². The molecule has 1 aromatic carbocycles. The highest BCUT2D eigenvalue weighted by molar-refractivity contribution is 8.00. The van der Waals surface area contributed by atoms with E-state index in [0.717, 1.165) is 25.1 Å². The van der Waals surface area contributed by atoms with Crippen molar-refractivity contribution in [2.24, 2.45) is 5.92 Å². The molecule has 34 heavy (non-hydrogen) atoms. The molecule has 10 heteroatoms. The van der Waals surface area contributed by atoms with E-state index in [1.54, 1.807) is 7.11 Å². The Morgan fingerprint density at radius 2 is 2.00 bits per heavy atom. The van der Waals surface area contributed by atoms with Gasteiger partial charge in [0.05, 0.1) is 12.4 Å². The van der Waals surface area contributed by atoms with Crippen molar-refractivity contribution in [1.82, 2.24) is 4.90 Å². The van der Waals surface area contributed by atoms with E-state index < -0.39 is 35.8 Å². The number of rotatable bonds is 4. The van der Waals surface area contributed by atoms with Gasteiger partial charge in [-0.3, -0.25) is 0 Å². The molecule has 2 saturated heterocycles. The fourth-order valence-corrected chi connectivity index (χ4v) is 8.24. The van der Waals surface area contributed by atoms with Crippen LogP contribution in [-0.2, 0) is 21.4 Å². The number of hydrogen-bond acceptors (Lipinski definition) is 9. The summed E-state index contributed by atoms with van der Waals surface area (Å²) < 4.78 is 17.9. The predicted octanol–water partition coefficient (Wildman–Crippen LogP) is 0.134. The number of likely N-dealkylation sites (N-methyl/N-ethyl adjacent to an activating group) is 1. The summed E-state index contributed by atoms with van der Waals surface area (Å²) in [4.78, 5) is 14.0. The van der Waals surface area contributed by atoms with Gasteiger partial charge in [-0.2, -0.15) is 0 Å². The molecule has 2 aliphatic carbocycles. The lowest BCUT2D eigenvalue weighted by Gasteiger charge is -2.57. The molecule has 0 amide bonds. The number of thioether (sulfide) groups is 1. The van der Waals surface area contributed by atoms with Crippen molar-refractivity contribution in [2.45, 2.75) is 65.5 Å². The number of aliphatic hydroxyl groups excluding tert-OH is 3. The van der Waals surface area contributed by atoms with Gasteiger partial charge < -0.3 is 39.5 Å². The maximum atomic E-state index is 11.6. The summed E-state index contributed by atoms with van der Waals surface area (Å²) in [6.45, 7) is 0.927. The number of methoxy groups -OCH3 is 1. The van der Waals surface area contributed by atoms with Crippen LogP contribution in [0, 0.1) is 5.92 Å². The minimum Gasteiger partial charge on any atom is -0.493 e. The topological polar surface area (TPSA) is 129 Å². The Balaban J connectivity index is 1.39. The minimum atomic E-state index is -1.71. The van der Waals surface area contributed by atoms with Crippen LogP contribution in [0.2, 0.25) is 0 Å². The zero-order chi connectivity index (χ0) is 23.9. The molecule has 3 aliphatic heterocycles. The molecule has 0 aromatic heterocycles. The molecule has 0 saturated carbocycles. The summed E-state index contributed by atoms with van der Waals surface area (Å²) in [6, 6.07) is 4.44. The van der Waals surface area contributed by atoms with Gasteiger partial charge in [-0.1, -0.05) is 18.2 Å². The van der Waals surface area contributed by atoms with Crippen LogP contribution in [0.1, 0.15) is 17.5 Å². The maximum Gasteiger partial charge on any atom is 0.335 e. The van der Waals surface area contributed by atoms with E-state index in [9.17, 15) is 25.2 Å². The number of benzene rings is 1. The van der Waals surface area contributed by atoms with Gasteiger partial charge in [-0.25, -0.2) is 4.79 Å². The first-order chi connectivity index (χ1) is 16.3. The lowest BCUT2D eigenvalue weighted by Crippen LogP contribution is -2.65. The first kappa shape index (κ1) is 22.6. The third-order valence-electron chi connectivity index (χ3n) is 8.44. The van der Waals surface area contributed by atoms with Gasteiger partial charge in [-0.05, 0) is 38.1 Å². The van der Waals surface area contributed by atoms with Gasteiger partial charge in [0.2, 0.25) is 0 Å². The minimum absolute atomic E-state index is 0.255. The first-order valence-electron chi connectivity index (χ1n) is 11.6. The van der Waals surface area contributed by atoms with Crippen LogP contribution in [0.4, 0.5) is 0 Å². The summed E-state index contributed by atoms with van der Waals surface area (Å²) in [6.07, 6.45) is -0.518. The quantitative estimate of drug-likeness (QED) is 0.432. The van der Waals surface area contributed by atoms with E-state index in [4.69, 9.17) is 14.2 Å². The van der Waals surface area contributed by atoms with Gasteiger partial charge in [0.15, 0.2) is 17.6 Å². The van der Waals surface area contributed by atoms with Gasteiger partial charge in [0.25, 0.3) is 0 Å². The number of carboxylic acids is 1. The van der Waals surface area contributed by atoms with E-state index in [0.29, 0.717) is 11.8 Å². The van der Waals surface area contributed by atoms with Crippen molar-refractivity contribution in [3.05, 3.63) is 35.4 Å². The fraction of sp³-hybridized carbons (Fsp3) is 0.625. The molecule has 9 nitrogen and oxygen atoms in total. The van der Waals surface area contributed by atoms with Gasteiger partial charge in [0, 0.05) is 22.9 Å². The molecule has 6 rings (SSSR count). The Bertz CT molecular complexity index is 1050. The highest BCUT2D eigenvalue weighted by Gasteiger charge is 2.65. The fourth-order valence-electron chi connectivity index (χ4n) is 6.81. The number of aliphatic carboxylic acids is 1. The van der Waals surface area contributed by atoms with Gasteiger partial charge in [-0.15, -0.1) is 11.8 Å². The van der Waals surface area contributed by atoms with Crippen LogP contribution in [-0.4, -0.2) is 99.2 Å². The second kappa shape index (κ2) is 7.84. The number of aliphatic hydroxyl groups is 3. The Labute approximate surface area is 201 Å². The molecule has 184 valence electrons. The van der Waals surface area contributed by atoms with E-state index in [1.165, 1.54) is 22.9 Å². The normalized spacial score (nSPS) is 44.3. The Morgan fingerprint density at radius 1 is 1.21 bits per heavy atom. The smallest absolute Gasteiger partial charge is 0.335 e. The average Bonchev–Trinajstić information content (AvgIpc) is 3.17. The average molecular weight is 492 g/mol.